The van der Waals surface area contributed by atoms with E-state index in [0.717, 1.165) is 0 Å². The van der Waals surface area contributed by atoms with Gasteiger partial charge in [-0.1, -0.05) is 5.54 Å². The van der Waals surface area contributed by atoms with Crippen molar-refractivity contribution in [1.82, 2.24) is 0 Å². The Kier molecular flexibility index (Phi) is 4.56. The van der Waals surface area contributed by atoms with E-state index < -0.39 is 16.6 Å². The van der Waals surface area contributed by atoms with Gasteiger partial charge in [0.2, 0.25) is 0 Å². The minimum atomic E-state index is -1.87. The molecule has 4 heteroatoms. The molecule has 0 saturated heterocycles. The molecule has 0 rings (SSSR count). The van der Waals surface area contributed by atoms with Gasteiger partial charge < -0.3 is 4.12 Å². The first kappa shape index (κ1) is 12.2. The molecule has 0 aromatic carbocycles. The lowest BCUT2D eigenvalue weighted by Crippen LogP contribution is -2.42. The smallest absolute Gasteiger partial charge is 0.257 e. The second kappa shape index (κ2) is 4.47. The lowest BCUT2D eigenvalue weighted by molar-refractivity contribution is 0.576. The molecule has 0 spiro atoms. The molecule has 0 N–H and O–H groups in total. The van der Waals surface area contributed by atoms with Crippen LogP contribution >= 0.6 is 22.6 Å². The van der Waals surface area contributed by atoms with E-state index in [2.05, 4.69) is 28.1 Å². The van der Waals surface area contributed by atoms with Crippen LogP contribution < -0.4 is 0 Å². The first-order valence-electron chi connectivity index (χ1n) is 3.64. The molecule has 0 saturated carbocycles. The van der Waals surface area contributed by atoms with E-state index in [4.69, 9.17) is 10.5 Å². The molecule has 0 aromatic rings. The van der Waals surface area contributed by atoms with Gasteiger partial charge in [0.25, 0.3) is 16.6 Å². The number of hydrogen-bond acceptors (Lipinski definition) is 1. The fraction of sp³-hybridized carbons (Fsp3) is 0.500. The molecular weight excluding hydrogens is 295 g/mol. The van der Waals surface area contributed by atoms with Crippen molar-refractivity contribution in [3.63, 3.8) is 0 Å². The maximum Gasteiger partial charge on any atom is 0.257 e. The number of hydrogen-bond donors (Lipinski definition) is 0. The highest BCUT2D eigenvalue weighted by Crippen LogP contribution is 2.12. The summed E-state index contributed by atoms with van der Waals surface area (Å²) in [6, 6.07) is 0. The summed E-state index contributed by atoms with van der Waals surface area (Å²) < 4.78 is 8.74. The van der Waals surface area contributed by atoms with Crippen molar-refractivity contribution in [2.45, 2.75) is 26.2 Å². The summed E-state index contributed by atoms with van der Waals surface area (Å²) in [5.41, 5.74) is 5.84. The van der Waals surface area contributed by atoms with Gasteiger partial charge in [-0.25, -0.2) is 0 Å². The highest BCUT2D eigenvalue weighted by molar-refractivity contribution is 14.1. The molecule has 0 heterocycles. The highest BCUT2D eigenvalue weighted by atomic mass is 127. The van der Waals surface area contributed by atoms with Crippen LogP contribution in [0.2, 0.25) is 26.2 Å². The molecule has 0 aliphatic rings. The van der Waals surface area contributed by atoms with Crippen LogP contribution in [-0.2, 0) is 4.12 Å². The Morgan fingerprint density at radius 1 is 1.17 bits per heavy atom. The Hall–Kier alpha value is 0.244. The summed E-state index contributed by atoms with van der Waals surface area (Å²) in [4.78, 5) is 0. The van der Waals surface area contributed by atoms with Crippen molar-refractivity contribution >= 4 is 39.2 Å². The van der Waals surface area contributed by atoms with E-state index in [1.165, 1.54) is 0 Å². The molecule has 0 aliphatic carbocycles. The Balaban J connectivity index is 4.43. The maximum absolute atomic E-state index is 5.88. The molecule has 0 atom stereocenters. The fourth-order valence-corrected chi connectivity index (χ4v) is 8.53. The molecule has 0 bridgehead atoms. The van der Waals surface area contributed by atoms with E-state index >= 15 is 0 Å². The predicted octanol–water partition coefficient (Wildman–Crippen LogP) is 2.52. The average molecular weight is 308 g/mol. The van der Waals surface area contributed by atoms with Gasteiger partial charge in [0.1, 0.15) is 0 Å². The Morgan fingerprint density at radius 3 is 2.00 bits per heavy atom. The van der Waals surface area contributed by atoms with Crippen LogP contribution in [0, 0.1) is 21.4 Å². The van der Waals surface area contributed by atoms with Crippen molar-refractivity contribution in [2.24, 2.45) is 0 Å². The van der Waals surface area contributed by atoms with Crippen LogP contribution in [0.25, 0.3) is 0 Å². The van der Waals surface area contributed by atoms with Gasteiger partial charge in [0.05, 0.1) is 0 Å². The van der Waals surface area contributed by atoms with Crippen molar-refractivity contribution in [3.05, 3.63) is 0 Å². The quantitative estimate of drug-likeness (QED) is 0.433. The second-order valence-corrected chi connectivity index (χ2v) is 11.4. The van der Waals surface area contributed by atoms with E-state index in [-0.39, 0.29) is 0 Å². The summed E-state index contributed by atoms with van der Waals surface area (Å²) in [5.74, 6) is 0. The normalized spacial score (nSPS) is 11.3. The zero-order valence-electron chi connectivity index (χ0n) is 7.86. The molecule has 0 aliphatic heterocycles. The van der Waals surface area contributed by atoms with Gasteiger partial charge in [-0.3, -0.25) is 0 Å². The van der Waals surface area contributed by atoms with Crippen molar-refractivity contribution in [2.75, 3.05) is 0 Å². The third-order valence-corrected chi connectivity index (χ3v) is 7.49. The van der Waals surface area contributed by atoms with Crippen LogP contribution in [0.15, 0.2) is 0 Å². The summed E-state index contributed by atoms with van der Waals surface area (Å²) >= 11 is 2.03. The molecular formula is C8H13IOSi2. The van der Waals surface area contributed by atoms with Crippen LogP contribution in [0.3, 0.4) is 0 Å². The van der Waals surface area contributed by atoms with Gasteiger partial charge >= 0.3 is 0 Å². The van der Waals surface area contributed by atoms with Crippen molar-refractivity contribution in [1.29, 1.82) is 0 Å². The van der Waals surface area contributed by atoms with Crippen molar-refractivity contribution in [3.8, 4) is 21.4 Å². The topological polar surface area (TPSA) is 9.23 Å². The molecule has 66 valence electrons. The minimum absolute atomic E-state index is 1.81. The molecule has 12 heavy (non-hydrogen) atoms. The average Bonchev–Trinajstić information content (AvgIpc) is 1.85. The van der Waals surface area contributed by atoms with Crippen LogP contribution in [-0.4, -0.2) is 16.6 Å². The Morgan fingerprint density at radius 2 is 1.67 bits per heavy atom. The first-order chi connectivity index (χ1) is 5.33. The second-order valence-electron chi connectivity index (χ2n) is 3.49. The number of terminal acetylenes is 1. The first-order valence-corrected chi connectivity index (χ1v) is 10.5. The maximum atomic E-state index is 5.88. The van der Waals surface area contributed by atoms with Gasteiger partial charge in [-0.15, -0.1) is 12.0 Å². The van der Waals surface area contributed by atoms with Crippen LogP contribution in [0.1, 0.15) is 0 Å². The predicted molar refractivity (Wildman–Crippen MR) is 66.7 cm³/mol. The number of rotatable bonds is 2. The van der Waals surface area contributed by atoms with E-state index in [1.807, 2.05) is 35.7 Å². The van der Waals surface area contributed by atoms with E-state index in [9.17, 15) is 0 Å². The lowest BCUT2D eigenvalue weighted by atomic mass is 11.4. The van der Waals surface area contributed by atoms with E-state index in [0.29, 0.717) is 0 Å². The van der Waals surface area contributed by atoms with Gasteiger partial charge in [-0.2, -0.15) is 0 Å². The monoisotopic (exact) mass is 308 g/mol. The van der Waals surface area contributed by atoms with Crippen LogP contribution in [0.5, 0.6) is 0 Å². The van der Waals surface area contributed by atoms with E-state index in [1.54, 1.807) is 0 Å². The van der Waals surface area contributed by atoms with Gasteiger partial charge in [-0.05, 0) is 30.1 Å². The van der Waals surface area contributed by atoms with Crippen molar-refractivity contribution < 1.29 is 4.12 Å². The SMILES string of the molecule is C#C[Si](C)(C)O[Si](C)(C)C#CI. The summed E-state index contributed by atoms with van der Waals surface area (Å²) in [6.07, 6.45) is 5.37. The molecule has 0 radical (unpaired) electrons. The molecule has 0 aromatic heterocycles. The van der Waals surface area contributed by atoms with Crippen LogP contribution in [0.4, 0.5) is 0 Å². The lowest BCUT2D eigenvalue weighted by Gasteiger charge is -2.25. The Labute approximate surface area is 90.7 Å². The molecule has 0 fully saturated rings. The summed E-state index contributed by atoms with van der Waals surface area (Å²) in [6.45, 7) is 8.20. The standard InChI is InChI=1S/C8H13IOSi2/c1-6-11(2,3)10-12(4,5)8-7-9/h1H,2-5H3. The summed E-state index contributed by atoms with van der Waals surface area (Å²) in [5, 5.41) is 0. The molecule has 0 unspecified atom stereocenters. The third kappa shape index (κ3) is 4.99. The van der Waals surface area contributed by atoms with Gasteiger partial charge in [0.15, 0.2) is 0 Å². The van der Waals surface area contributed by atoms with Gasteiger partial charge in [0, 0.05) is 22.6 Å². The third-order valence-electron chi connectivity index (χ3n) is 1.21. The summed E-state index contributed by atoms with van der Waals surface area (Å²) in [7, 11) is -3.68. The largest absolute Gasteiger partial charge is 0.438 e. The Bertz CT molecular complexity index is 254. The molecule has 1 nitrogen and oxygen atoms in total. The fourth-order valence-electron chi connectivity index (χ4n) is 0.807. The minimum Gasteiger partial charge on any atom is -0.438 e. The highest BCUT2D eigenvalue weighted by Gasteiger charge is 2.30. The zero-order valence-corrected chi connectivity index (χ0v) is 12.0. The zero-order chi connectivity index (χ0) is 9.83. The number of halogens is 1. The molecule has 0 amide bonds.